The van der Waals surface area contributed by atoms with E-state index in [1.165, 1.54) is 0 Å². The summed E-state index contributed by atoms with van der Waals surface area (Å²) in [7, 11) is -4.14. The minimum absolute atomic E-state index is 0.0886. The molecule has 0 aliphatic rings. The first kappa shape index (κ1) is 16.6. The van der Waals surface area contributed by atoms with E-state index in [2.05, 4.69) is 0 Å². The van der Waals surface area contributed by atoms with Gasteiger partial charge in [-0.3, -0.25) is 9.36 Å². The number of esters is 1. The molecule has 0 aliphatic heterocycles. The van der Waals surface area contributed by atoms with E-state index in [4.69, 9.17) is 4.74 Å². The lowest BCUT2D eigenvalue weighted by Gasteiger charge is -2.25. The Kier molecular flexibility index (Phi) is 7.68. The van der Waals surface area contributed by atoms with Crippen molar-refractivity contribution in [2.75, 3.05) is 6.61 Å². The second kappa shape index (κ2) is 7.85. The zero-order chi connectivity index (χ0) is 13.5. The molecule has 0 saturated carbocycles. The summed E-state index contributed by atoms with van der Waals surface area (Å²) in [6.07, 6.45) is 1.88. The molecule has 0 aromatic rings. The maximum atomic E-state index is 11.4. The Balaban J connectivity index is 4.69. The highest BCUT2D eigenvalue weighted by molar-refractivity contribution is 7.52. The van der Waals surface area contributed by atoms with E-state index in [1.54, 1.807) is 13.8 Å². The van der Waals surface area contributed by atoms with Gasteiger partial charge in [0.15, 0.2) is 0 Å². The average molecular weight is 266 g/mol. The van der Waals surface area contributed by atoms with Crippen LogP contribution in [0.4, 0.5) is 0 Å². The molecule has 5 nitrogen and oxygen atoms in total. The smallest absolute Gasteiger partial charge is 0.328 e. The number of hydrogen-bond acceptors (Lipinski definition) is 3. The van der Waals surface area contributed by atoms with Crippen molar-refractivity contribution in [1.29, 1.82) is 0 Å². The lowest BCUT2D eigenvalue weighted by molar-refractivity contribution is -0.144. The summed E-state index contributed by atoms with van der Waals surface area (Å²) in [6, 6.07) is 0. The molecule has 0 aromatic carbocycles. The van der Waals surface area contributed by atoms with Gasteiger partial charge in [0.2, 0.25) is 0 Å². The molecular weight excluding hydrogens is 243 g/mol. The van der Waals surface area contributed by atoms with Crippen molar-refractivity contribution < 1.29 is 23.9 Å². The van der Waals surface area contributed by atoms with Gasteiger partial charge in [-0.1, -0.05) is 20.3 Å². The number of carbonyl (C=O) groups excluding carboxylic acids is 1. The molecule has 0 spiro atoms. The van der Waals surface area contributed by atoms with Crippen LogP contribution in [0, 0.1) is 5.92 Å². The minimum atomic E-state index is -4.14. The van der Waals surface area contributed by atoms with Crippen LogP contribution in [0.5, 0.6) is 0 Å². The number of ether oxygens (including phenoxy) is 1. The maximum Gasteiger partial charge on any atom is 0.328 e. The maximum absolute atomic E-state index is 11.4. The molecule has 0 radical (unpaired) electrons. The van der Waals surface area contributed by atoms with Crippen LogP contribution in [0.15, 0.2) is 0 Å². The molecule has 0 bridgehead atoms. The van der Waals surface area contributed by atoms with Gasteiger partial charge in [0.05, 0.1) is 12.3 Å². The predicted molar refractivity (Wildman–Crippen MR) is 65.8 cm³/mol. The lowest BCUT2D eigenvalue weighted by atomic mass is 9.94. The summed E-state index contributed by atoms with van der Waals surface area (Å²) in [5.74, 6) is -0.678. The Labute approximate surface area is 103 Å². The van der Waals surface area contributed by atoms with Crippen LogP contribution in [-0.2, 0) is 14.1 Å². The van der Waals surface area contributed by atoms with E-state index in [-0.39, 0.29) is 18.3 Å². The third-order valence-corrected chi connectivity index (χ3v) is 4.44. The second-order valence-electron chi connectivity index (χ2n) is 4.12. The Morgan fingerprint density at radius 1 is 1.29 bits per heavy atom. The van der Waals surface area contributed by atoms with Gasteiger partial charge >= 0.3 is 13.6 Å². The summed E-state index contributed by atoms with van der Waals surface area (Å²) in [6.45, 7) is 5.68. The fraction of sp³-hybridized carbons (Fsp3) is 0.909. The average Bonchev–Trinajstić information content (AvgIpc) is 2.16. The highest BCUT2D eigenvalue weighted by Gasteiger charge is 2.35. The molecule has 0 heterocycles. The highest BCUT2D eigenvalue weighted by Crippen LogP contribution is 2.48. The normalized spacial score (nSPS) is 15.4. The number of rotatable bonds is 8. The summed E-state index contributed by atoms with van der Waals surface area (Å²) in [5, 5.41) is 0. The fourth-order valence-electron chi connectivity index (χ4n) is 2.08. The Bertz CT molecular complexity index is 273. The molecule has 6 heteroatoms. The van der Waals surface area contributed by atoms with Gasteiger partial charge in [0.1, 0.15) is 0 Å². The fourth-order valence-corrected chi connectivity index (χ4v) is 3.36. The van der Waals surface area contributed by atoms with Crippen LogP contribution in [0.25, 0.3) is 0 Å². The van der Waals surface area contributed by atoms with Crippen molar-refractivity contribution in [3.63, 3.8) is 0 Å². The van der Waals surface area contributed by atoms with Crippen LogP contribution >= 0.6 is 7.60 Å². The van der Waals surface area contributed by atoms with Crippen molar-refractivity contribution in [2.24, 2.45) is 5.92 Å². The van der Waals surface area contributed by atoms with Gasteiger partial charge in [-0.2, -0.15) is 0 Å². The Morgan fingerprint density at radius 2 is 1.88 bits per heavy atom. The van der Waals surface area contributed by atoms with E-state index in [0.29, 0.717) is 19.4 Å². The van der Waals surface area contributed by atoms with Crippen molar-refractivity contribution >= 4 is 13.6 Å². The van der Waals surface area contributed by atoms with Gasteiger partial charge in [-0.25, -0.2) is 0 Å². The molecule has 0 amide bonds. The zero-order valence-electron chi connectivity index (χ0n) is 10.8. The quantitative estimate of drug-likeness (QED) is 0.520. The summed E-state index contributed by atoms with van der Waals surface area (Å²) in [5.41, 5.74) is -0.744. The van der Waals surface area contributed by atoms with E-state index >= 15 is 0 Å². The molecule has 0 aliphatic carbocycles. The van der Waals surface area contributed by atoms with Crippen LogP contribution in [-0.4, -0.2) is 28.0 Å². The Morgan fingerprint density at radius 3 is 2.24 bits per heavy atom. The highest BCUT2D eigenvalue weighted by atomic mass is 31.2. The molecule has 17 heavy (non-hydrogen) atoms. The van der Waals surface area contributed by atoms with Crippen LogP contribution < -0.4 is 0 Å². The molecule has 0 aromatic heterocycles. The van der Waals surface area contributed by atoms with Gasteiger partial charge in [0.25, 0.3) is 0 Å². The van der Waals surface area contributed by atoms with Gasteiger partial charge in [-0.15, -0.1) is 0 Å². The van der Waals surface area contributed by atoms with Crippen molar-refractivity contribution in [2.45, 2.75) is 52.1 Å². The van der Waals surface area contributed by atoms with E-state index < -0.39 is 13.3 Å². The van der Waals surface area contributed by atoms with Crippen molar-refractivity contribution in [3.05, 3.63) is 0 Å². The lowest BCUT2D eigenvalue weighted by Crippen LogP contribution is -2.24. The molecule has 2 atom stereocenters. The summed E-state index contributed by atoms with van der Waals surface area (Å²) >= 11 is 0. The topological polar surface area (TPSA) is 83.8 Å². The van der Waals surface area contributed by atoms with Gasteiger partial charge < -0.3 is 14.5 Å². The van der Waals surface area contributed by atoms with Gasteiger partial charge in [-0.05, 0) is 25.7 Å². The third-order valence-electron chi connectivity index (χ3n) is 2.79. The Hall–Kier alpha value is -0.380. The molecule has 0 saturated heterocycles. The number of carbonyl (C=O) groups is 1. The first-order valence-electron chi connectivity index (χ1n) is 6.07. The minimum Gasteiger partial charge on any atom is -0.466 e. The summed E-state index contributed by atoms with van der Waals surface area (Å²) < 4.78 is 16.2. The molecule has 0 rings (SSSR count). The number of hydrogen-bond donors (Lipinski definition) is 2. The first-order valence-corrected chi connectivity index (χ1v) is 7.75. The van der Waals surface area contributed by atoms with E-state index in [1.807, 2.05) is 6.92 Å². The molecule has 2 unspecified atom stereocenters. The molecule has 0 fully saturated rings. The van der Waals surface area contributed by atoms with Crippen molar-refractivity contribution in [3.8, 4) is 0 Å². The van der Waals surface area contributed by atoms with Gasteiger partial charge in [0, 0.05) is 6.42 Å². The molecular formula is C11H23O5P. The third kappa shape index (κ3) is 6.20. The standard InChI is InChI=1S/C11H23O5P/c1-4-7-9(8-11(12)16-6-3)10(5-2)17(13,14)15/h9-10H,4-8H2,1-3H3,(H2,13,14,15). The summed E-state index contributed by atoms with van der Waals surface area (Å²) in [4.78, 5) is 30.0. The predicted octanol–water partition coefficient (Wildman–Crippen LogP) is 2.31. The zero-order valence-corrected chi connectivity index (χ0v) is 11.7. The monoisotopic (exact) mass is 266 g/mol. The largest absolute Gasteiger partial charge is 0.466 e. The SMILES string of the molecule is CCCC(CC(=O)OCC)C(CC)P(=O)(O)O. The second-order valence-corrected chi connectivity index (χ2v) is 5.96. The van der Waals surface area contributed by atoms with E-state index in [9.17, 15) is 19.1 Å². The van der Waals surface area contributed by atoms with Crippen molar-refractivity contribution in [1.82, 2.24) is 0 Å². The van der Waals surface area contributed by atoms with Crippen LogP contribution in [0.1, 0.15) is 46.5 Å². The van der Waals surface area contributed by atoms with Crippen LogP contribution in [0.2, 0.25) is 0 Å². The molecule has 102 valence electrons. The molecule has 2 N–H and O–H groups in total. The van der Waals surface area contributed by atoms with E-state index in [0.717, 1.165) is 6.42 Å². The first-order chi connectivity index (χ1) is 7.86. The van der Waals surface area contributed by atoms with Crippen LogP contribution in [0.3, 0.4) is 0 Å².